The Labute approximate surface area is 540 Å². The van der Waals surface area contributed by atoms with Crippen LogP contribution in [0, 0.1) is 28.6 Å². The zero-order valence-corrected chi connectivity index (χ0v) is 55.9. The average Bonchev–Trinajstić information content (AvgIpc) is 1.42. The van der Waals surface area contributed by atoms with E-state index in [0.29, 0.717) is 50.5 Å². The van der Waals surface area contributed by atoms with Gasteiger partial charge in [0, 0.05) is 65.1 Å². The summed E-state index contributed by atoms with van der Waals surface area (Å²) in [4.78, 5) is 12.6. The van der Waals surface area contributed by atoms with Crippen molar-refractivity contribution in [3.63, 3.8) is 0 Å². The van der Waals surface area contributed by atoms with Crippen molar-refractivity contribution in [3.8, 4) is 0 Å². The van der Waals surface area contributed by atoms with Crippen molar-refractivity contribution in [2.24, 2.45) is 28.6 Å². The SMILES string of the molecule is C/C=C(\C)C(=O)O[C@@H]1[C@@H](C)O[C@@H](O[C@H]2[C@@H](OC)C[C@H](O[C@H]3[C@@H](OC)C[C@H](O[C@H]4[C@@H](OC)C[C@H](O[C@H]5CC[C@@]6(C)C(=CC[C@@H]7[C@@H]6CC[C@]6(C)[C@@H]([C@H](C)O[C@@H]8O[C@H](CO[C@@H]9O[C@H](CO)[C@@H](O)[C@H](O)[C@H]9O)[C@@H](O)[C@H](O)[C@H]8O)CC[C@]76O)C5)O[C@@H]4C)O[C@@H]3C)O[C@@H]2C)C[C@H]1OC. The minimum absolute atomic E-state index is 0.00641. The van der Waals surface area contributed by atoms with Gasteiger partial charge in [-0.15, -0.1) is 0 Å². The maximum Gasteiger partial charge on any atom is 0.333 e. The second kappa shape index (κ2) is 30.2. The second-order valence-corrected chi connectivity index (χ2v) is 28.3. The average molecular weight is 1320 g/mol. The summed E-state index contributed by atoms with van der Waals surface area (Å²) in [6.07, 6.45) is -12.4. The molecule has 6 saturated heterocycles. The molecule has 92 heavy (non-hydrogen) atoms. The van der Waals surface area contributed by atoms with Gasteiger partial charge in [-0.2, -0.15) is 0 Å². The summed E-state index contributed by atoms with van der Waals surface area (Å²) in [5, 5.41) is 86.7. The van der Waals surface area contributed by atoms with E-state index in [9.17, 15) is 45.6 Å². The molecule has 0 aromatic rings. The van der Waals surface area contributed by atoms with Gasteiger partial charge in [0.2, 0.25) is 0 Å². The van der Waals surface area contributed by atoms with Crippen molar-refractivity contribution in [2.75, 3.05) is 41.7 Å². The number of carbonyl (C=O) groups is 1. The standard InChI is InChI=1S/C66H108O26/c1-14-30(2)61(74)92-60-35(7)84-50(27-44(60)79-13)91-59-34(6)83-49(26-43(59)78-12)90-58-33(5)82-48(25-42(58)77-11)89-57-32(4)81-47(24-41(57)76-10)86-37-17-20-64(8)36(23-37)15-16-40-39(64)18-21-65(9)38(19-22-66(40,65)75)31(3)85-63-56(73)54(71)52(69)46(88-63)29-80-62-55(72)53(70)51(68)45(28-67)87-62/h14-15,31-35,37-60,62-63,67-73,75H,16-29H2,1-13H3/b30-14+/t31-,32+,33+,34+,35+,37-,38+,39-,40+,41-,42-,43-,44+,45+,46+,47-,48-,49-,50-,51+,52+,53-,54-,55+,56+,57+,58+,59+,60+,62+,63+,64-,65+,66-/m0/s1. The smallest absolute Gasteiger partial charge is 0.333 e. The van der Waals surface area contributed by atoms with Gasteiger partial charge >= 0.3 is 5.97 Å². The number of fused-ring (bicyclic) bond motifs is 5. The molecular weight excluding hydrogens is 1210 g/mol. The predicted octanol–water partition coefficient (Wildman–Crippen LogP) is 2.73. The van der Waals surface area contributed by atoms with Crippen LogP contribution in [0.5, 0.6) is 0 Å². The fraction of sp³-hybridized carbons (Fsp3) is 0.924. The van der Waals surface area contributed by atoms with Gasteiger partial charge < -0.3 is 121 Å². The Morgan fingerprint density at radius 1 is 0.609 bits per heavy atom. The molecule has 0 unspecified atom stereocenters. The van der Waals surface area contributed by atoms with Crippen molar-refractivity contribution < 1.29 is 126 Å². The highest BCUT2D eigenvalue weighted by molar-refractivity contribution is 5.87. The molecule has 26 heteroatoms. The Balaban J connectivity index is 0.691. The summed E-state index contributed by atoms with van der Waals surface area (Å²) in [5.74, 6) is -0.346. The third kappa shape index (κ3) is 14.4. The molecule has 4 aliphatic carbocycles. The van der Waals surface area contributed by atoms with Gasteiger partial charge in [0.25, 0.3) is 0 Å². The van der Waals surface area contributed by atoms with Crippen LogP contribution in [-0.4, -0.2) is 266 Å². The first-order valence-electron chi connectivity index (χ1n) is 33.6. The monoisotopic (exact) mass is 1320 g/mol. The van der Waals surface area contributed by atoms with E-state index in [-0.39, 0.29) is 35.4 Å². The Kier molecular flexibility index (Phi) is 23.9. The van der Waals surface area contributed by atoms with Crippen molar-refractivity contribution in [1.29, 1.82) is 0 Å². The molecule has 10 aliphatic rings. The van der Waals surface area contributed by atoms with E-state index in [1.165, 1.54) is 5.57 Å². The van der Waals surface area contributed by atoms with Crippen molar-refractivity contribution >= 4 is 5.97 Å². The normalized spacial score (nSPS) is 50.4. The Hall–Kier alpha value is -2.01. The largest absolute Gasteiger partial charge is 0.453 e. The van der Waals surface area contributed by atoms with E-state index in [0.717, 1.165) is 32.1 Å². The number of hydrogen-bond acceptors (Lipinski definition) is 26. The van der Waals surface area contributed by atoms with Gasteiger partial charge in [-0.1, -0.05) is 31.6 Å². The first kappa shape index (κ1) is 72.7. The van der Waals surface area contributed by atoms with Gasteiger partial charge in [0.1, 0.15) is 73.2 Å². The Bertz CT molecular complexity index is 2470. The van der Waals surface area contributed by atoms with Crippen molar-refractivity contribution in [2.45, 2.75) is 317 Å². The lowest BCUT2D eigenvalue weighted by atomic mass is 9.45. The van der Waals surface area contributed by atoms with E-state index in [2.05, 4.69) is 19.9 Å². The van der Waals surface area contributed by atoms with Gasteiger partial charge in [0.15, 0.2) is 43.8 Å². The van der Waals surface area contributed by atoms with Gasteiger partial charge in [-0.3, -0.25) is 0 Å². The van der Waals surface area contributed by atoms with Gasteiger partial charge in [-0.25, -0.2) is 4.79 Å². The minimum Gasteiger partial charge on any atom is -0.453 e. The number of rotatable bonds is 21. The zero-order valence-electron chi connectivity index (χ0n) is 55.9. The van der Waals surface area contributed by atoms with Crippen LogP contribution in [0.15, 0.2) is 23.3 Å². The van der Waals surface area contributed by atoms with Gasteiger partial charge in [-0.05, 0) is 123 Å². The Morgan fingerprint density at radius 2 is 1.09 bits per heavy atom. The summed E-state index contributed by atoms with van der Waals surface area (Å²) in [6.45, 7) is 16.4. The number of allylic oxidation sites excluding steroid dienone is 2. The lowest BCUT2D eigenvalue weighted by Crippen LogP contribution is -2.63. The number of methoxy groups -OCH3 is 4. The van der Waals surface area contributed by atoms with Crippen LogP contribution >= 0.6 is 0 Å². The summed E-state index contributed by atoms with van der Waals surface area (Å²) in [5.41, 5.74) is 0.133. The third-order valence-electron chi connectivity index (χ3n) is 23.1. The van der Waals surface area contributed by atoms with Gasteiger partial charge in [0.05, 0.1) is 73.8 Å². The van der Waals surface area contributed by atoms with E-state index in [4.69, 9.17) is 80.5 Å². The van der Waals surface area contributed by atoms with E-state index < -0.39 is 190 Å². The summed E-state index contributed by atoms with van der Waals surface area (Å²) in [6, 6.07) is 0. The molecule has 0 bridgehead atoms. The minimum atomic E-state index is -1.69. The topological polar surface area (TPSA) is 336 Å². The number of aliphatic hydroxyl groups excluding tert-OH is 7. The number of ether oxygens (including phenoxy) is 17. The molecule has 6 aliphatic heterocycles. The maximum atomic E-state index is 13.1. The quantitative estimate of drug-likeness (QED) is 0.0465. The lowest BCUT2D eigenvalue weighted by molar-refractivity contribution is -0.347. The Morgan fingerprint density at radius 3 is 1.60 bits per heavy atom. The fourth-order valence-electron chi connectivity index (χ4n) is 17.5. The fourth-order valence-corrected chi connectivity index (χ4v) is 17.5. The molecule has 3 saturated carbocycles. The van der Waals surface area contributed by atoms with Crippen molar-refractivity contribution in [3.05, 3.63) is 23.3 Å². The third-order valence-corrected chi connectivity index (χ3v) is 23.1. The number of hydrogen-bond donors (Lipinski definition) is 8. The molecule has 0 aromatic carbocycles. The highest BCUT2D eigenvalue weighted by Gasteiger charge is 2.67. The molecule has 0 spiro atoms. The van der Waals surface area contributed by atoms with E-state index >= 15 is 0 Å². The highest BCUT2D eigenvalue weighted by atomic mass is 16.8. The predicted molar refractivity (Wildman–Crippen MR) is 321 cm³/mol. The van der Waals surface area contributed by atoms with Crippen LogP contribution < -0.4 is 0 Å². The zero-order chi connectivity index (χ0) is 66.5. The molecule has 9 fully saturated rings. The number of esters is 1. The molecule has 26 nitrogen and oxygen atoms in total. The first-order valence-corrected chi connectivity index (χ1v) is 33.6. The lowest BCUT2D eigenvalue weighted by Gasteiger charge is -2.61. The van der Waals surface area contributed by atoms with Crippen LogP contribution in [0.3, 0.4) is 0 Å². The summed E-state index contributed by atoms with van der Waals surface area (Å²) >= 11 is 0. The number of carbonyl (C=O) groups excluding carboxylic acids is 1. The van der Waals surface area contributed by atoms with Crippen LogP contribution in [0.4, 0.5) is 0 Å². The maximum absolute atomic E-state index is 13.1. The van der Waals surface area contributed by atoms with Crippen LogP contribution in [-0.2, 0) is 85.3 Å². The highest BCUT2D eigenvalue weighted by Crippen LogP contribution is 2.69. The second-order valence-electron chi connectivity index (χ2n) is 28.3. The molecule has 0 amide bonds. The van der Waals surface area contributed by atoms with Crippen LogP contribution in [0.2, 0.25) is 0 Å². The molecule has 34 atom stereocenters. The molecule has 8 N–H and O–H groups in total. The molecule has 0 aromatic heterocycles. The molecule has 6 heterocycles. The van der Waals surface area contributed by atoms with E-state index in [1.807, 2.05) is 34.6 Å². The first-order chi connectivity index (χ1) is 43.7. The summed E-state index contributed by atoms with van der Waals surface area (Å²) < 4.78 is 106. The molecular formula is C66H108O26. The van der Waals surface area contributed by atoms with E-state index in [1.54, 1.807) is 48.4 Å². The van der Waals surface area contributed by atoms with Crippen LogP contribution in [0.1, 0.15) is 139 Å². The number of aliphatic hydroxyl groups is 8. The summed E-state index contributed by atoms with van der Waals surface area (Å²) in [7, 11) is 6.54. The molecule has 10 rings (SSSR count). The van der Waals surface area contributed by atoms with Crippen LogP contribution in [0.25, 0.3) is 0 Å². The molecule has 528 valence electrons. The molecule has 0 radical (unpaired) electrons. The van der Waals surface area contributed by atoms with Crippen molar-refractivity contribution in [1.82, 2.24) is 0 Å².